The molecule has 107 valence electrons. The van der Waals surface area contributed by atoms with Crippen molar-refractivity contribution in [3.8, 4) is 10.4 Å². The van der Waals surface area contributed by atoms with Gasteiger partial charge in [0.15, 0.2) is 0 Å². The summed E-state index contributed by atoms with van der Waals surface area (Å²) in [6, 6.07) is 14.7. The van der Waals surface area contributed by atoms with Crippen LogP contribution >= 0.6 is 22.7 Å². The first-order chi connectivity index (χ1) is 10.9. The lowest BCUT2D eigenvalue weighted by atomic mass is 10.1. The highest BCUT2D eigenvalue weighted by atomic mass is 32.1. The number of benzene rings is 1. The van der Waals surface area contributed by atoms with E-state index in [4.69, 9.17) is 4.98 Å². The average Bonchev–Trinajstić information content (AvgIpc) is 3.22. The van der Waals surface area contributed by atoms with Gasteiger partial charge in [0.1, 0.15) is 16.9 Å². The summed E-state index contributed by atoms with van der Waals surface area (Å²) < 4.78 is 0. The molecule has 0 spiro atoms. The molecule has 1 radical (unpaired) electrons. The van der Waals surface area contributed by atoms with Gasteiger partial charge in [-0.3, -0.25) is 0 Å². The molecule has 0 fully saturated rings. The molecule has 0 aliphatic rings. The zero-order valence-electron chi connectivity index (χ0n) is 11.8. The Labute approximate surface area is 137 Å². The molecular formula is C18H13N2S2. The number of hydrogen-bond acceptors (Lipinski definition) is 4. The predicted molar refractivity (Wildman–Crippen MR) is 93.4 cm³/mol. The first-order valence-corrected chi connectivity index (χ1v) is 8.90. The van der Waals surface area contributed by atoms with Crippen LogP contribution < -0.4 is 0 Å². The van der Waals surface area contributed by atoms with E-state index < -0.39 is 0 Å². The molecule has 4 heteroatoms. The van der Waals surface area contributed by atoms with Crippen LogP contribution in [-0.4, -0.2) is 9.97 Å². The minimum atomic E-state index is 0.850. The highest BCUT2D eigenvalue weighted by Crippen LogP contribution is 2.34. The van der Waals surface area contributed by atoms with Crippen LogP contribution in [0.15, 0.2) is 53.2 Å². The van der Waals surface area contributed by atoms with Gasteiger partial charge >= 0.3 is 0 Å². The number of thiophene rings is 2. The third-order valence-electron chi connectivity index (χ3n) is 3.57. The molecule has 2 nitrogen and oxygen atoms in total. The van der Waals surface area contributed by atoms with Crippen molar-refractivity contribution >= 4 is 32.9 Å². The quantitative estimate of drug-likeness (QED) is 0.528. The van der Waals surface area contributed by atoms with Crippen molar-refractivity contribution in [1.82, 2.24) is 9.97 Å². The molecule has 0 bridgehead atoms. The van der Waals surface area contributed by atoms with Gasteiger partial charge in [0.05, 0.1) is 0 Å². The van der Waals surface area contributed by atoms with E-state index in [1.54, 1.807) is 22.7 Å². The Morgan fingerprint density at radius 1 is 0.955 bits per heavy atom. The Morgan fingerprint density at radius 2 is 1.86 bits per heavy atom. The lowest BCUT2D eigenvalue weighted by Crippen LogP contribution is -1.97. The molecule has 0 amide bonds. The molecule has 0 atom stereocenters. The van der Waals surface area contributed by atoms with Gasteiger partial charge in [0, 0.05) is 27.6 Å². The Bertz CT molecular complexity index is 880. The van der Waals surface area contributed by atoms with Crippen molar-refractivity contribution in [3.63, 3.8) is 0 Å². The lowest BCUT2D eigenvalue weighted by Gasteiger charge is -2.01. The summed E-state index contributed by atoms with van der Waals surface area (Å²) in [4.78, 5) is 11.4. The third-order valence-corrected chi connectivity index (χ3v) is 5.34. The zero-order chi connectivity index (χ0) is 14.8. The lowest BCUT2D eigenvalue weighted by molar-refractivity contribution is 0.870. The second-order valence-corrected chi connectivity index (χ2v) is 6.85. The molecule has 0 aliphatic carbocycles. The minimum absolute atomic E-state index is 0.850. The molecule has 4 rings (SSSR count). The summed E-state index contributed by atoms with van der Waals surface area (Å²) in [5.41, 5.74) is 2.52. The fourth-order valence-corrected chi connectivity index (χ4v) is 4.16. The summed E-state index contributed by atoms with van der Waals surface area (Å²) in [5, 5.41) is 5.28. The maximum atomic E-state index is 4.70. The third kappa shape index (κ3) is 2.67. The van der Waals surface area contributed by atoms with Crippen molar-refractivity contribution in [3.05, 3.63) is 70.8 Å². The van der Waals surface area contributed by atoms with Crippen LogP contribution in [0.5, 0.6) is 0 Å². The van der Waals surface area contributed by atoms with E-state index >= 15 is 0 Å². The second-order valence-electron chi connectivity index (χ2n) is 5.04. The van der Waals surface area contributed by atoms with Gasteiger partial charge in [-0.05, 0) is 23.4 Å². The largest absolute Gasteiger partial charge is 0.230 e. The van der Waals surface area contributed by atoms with Crippen LogP contribution in [0.4, 0.5) is 0 Å². The van der Waals surface area contributed by atoms with E-state index in [1.807, 2.05) is 6.07 Å². The molecule has 4 aromatic rings. The van der Waals surface area contributed by atoms with Crippen LogP contribution in [-0.2, 0) is 12.8 Å². The van der Waals surface area contributed by atoms with Crippen LogP contribution in [0.1, 0.15) is 11.4 Å². The highest BCUT2D eigenvalue weighted by Gasteiger charge is 2.10. The van der Waals surface area contributed by atoms with Crippen molar-refractivity contribution in [2.75, 3.05) is 0 Å². The van der Waals surface area contributed by atoms with Gasteiger partial charge in [-0.1, -0.05) is 36.4 Å². The van der Waals surface area contributed by atoms with E-state index in [2.05, 4.69) is 58.3 Å². The first-order valence-electron chi connectivity index (χ1n) is 7.14. The summed E-state index contributed by atoms with van der Waals surface area (Å²) in [6.45, 7) is 0. The van der Waals surface area contributed by atoms with E-state index in [0.29, 0.717) is 0 Å². The van der Waals surface area contributed by atoms with Gasteiger partial charge in [-0.25, -0.2) is 9.97 Å². The summed E-state index contributed by atoms with van der Waals surface area (Å²) >= 11 is 3.41. The van der Waals surface area contributed by atoms with Crippen LogP contribution in [0, 0.1) is 6.20 Å². The Kier molecular flexibility index (Phi) is 3.70. The monoisotopic (exact) mass is 321 g/mol. The average molecular weight is 321 g/mol. The molecule has 0 saturated heterocycles. The smallest absolute Gasteiger partial charge is 0.131 e. The number of aromatic nitrogens is 2. The Hall–Kier alpha value is -2.04. The maximum Gasteiger partial charge on any atom is 0.131 e. The molecule has 0 aliphatic heterocycles. The number of aryl methyl sites for hydroxylation is 2. The van der Waals surface area contributed by atoms with Crippen LogP contribution in [0.2, 0.25) is 0 Å². The van der Waals surface area contributed by atoms with Gasteiger partial charge in [-0.15, -0.1) is 22.7 Å². The SMILES string of the molecule is [c]1nc(CCc2ccccc2)nc2scc(-c3cccs3)c12. The molecule has 3 aromatic heterocycles. The van der Waals surface area contributed by atoms with E-state index in [-0.39, 0.29) is 0 Å². The summed E-state index contributed by atoms with van der Waals surface area (Å²) in [6.07, 6.45) is 5.01. The second kappa shape index (κ2) is 5.99. The fraction of sp³-hybridized carbons (Fsp3) is 0.111. The Morgan fingerprint density at radius 3 is 2.68 bits per heavy atom. The highest BCUT2D eigenvalue weighted by molar-refractivity contribution is 7.18. The summed E-state index contributed by atoms with van der Waals surface area (Å²) in [7, 11) is 0. The predicted octanol–water partition coefficient (Wildman–Crippen LogP) is 5.01. The number of nitrogens with zero attached hydrogens (tertiary/aromatic N) is 2. The number of rotatable bonds is 4. The van der Waals surface area contributed by atoms with Crippen molar-refractivity contribution in [2.24, 2.45) is 0 Å². The van der Waals surface area contributed by atoms with Gasteiger partial charge in [0.25, 0.3) is 0 Å². The topological polar surface area (TPSA) is 25.8 Å². The zero-order valence-corrected chi connectivity index (χ0v) is 13.5. The van der Waals surface area contributed by atoms with Gasteiger partial charge < -0.3 is 0 Å². The van der Waals surface area contributed by atoms with Crippen molar-refractivity contribution < 1.29 is 0 Å². The standard InChI is InChI=1S/C18H13N2S2/c1-2-5-13(6-3-1)8-9-17-19-11-14-15(12-22-18(14)20-17)16-7-4-10-21-16/h1-7,10,12H,8-9H2. The molecule has 1 aromatic carbocycles. The number of hydrogen-bond donors (Lipinski definition) is 0. The summed E-state index contributed by atoms with van der Waals surface area (Å²) in [5.74, 6) is 0.871. The van der Waals surface area contributed by atoms with Crippen LogP contribution in [0.3, 0.4) is 0 Å². The van der Waals surface area contributed by atoms with Gasteiger partial charge in [0.2, 0.25) is 0 Å². The minimum Gasteiger partial charge on any atom is -0.230 e. The van der Waals surface area contributed by atoms with Gasteiger partial charge in [-0.2, -0.15) is 0 Å². The Balaban J connectivity index is 1.59. The van der Waals surface area contributed by atoms with Crippen molar-refractivity contribution in [1.29, 1.82) is 0 Å². The molecule has 0 N–H and O–H groups in total. The molecule has 3 heterocycles. The molecule has 22 heavy (non-hydrogen) atoms. The van der Waals surface area contributed by atoms with E-state index in [0.717, 1.165) is 28.9 Å². The van der Waals surface area contributed by atoms with E-state index in [9.17, 15) is 0 Å². The normalized spacial score (nSPS) is 11.1. The number of fused-ring (bicyclic) bond motifs is 1. The fourth-order valence-electron chi connectivity index (χ4n) is 2.43. The van der Waals surface area contributed by atoms with E-state index in [1.165, 1.54) is 16.0 Å². The molecule has 0 saturated carbocycles. The molecule has 0 unspecified atom stereocenters. The molecular weight excluding hydrogens is 308 g/mol. The maximum absolute atomic E-state index is 4.70. The van der Waals surface area contributed by atoms with Crippen LogP contribution in [0.25, 0.3) is 20.7 Å². The first kappa shape index (κ1) is 13.6. The van der Waals surface area contributed by atoms with Crippen molar-refractivity contribution in [2.45, 2.75) is 12.8 Å².